The maximum Gasteiger partial charge on any atom is 0.435 e. The van der Waals surface area contributed by atoms with Crippen LogP contribution in [-0.2, 0) is 4.74 Å². The fourth-order valence-electron chi connectivity index (χ4n) is 0.835. The van der Waals surface area contributed by atoms with Crippen LogP contribution in [0.25, 0.3) is 0 Å². The average Bonchev–Trinajstić information content (AvgIpc) is 2.47. The standard InChI is InChI=1S/C7H8N2O5/c1-2-14-6(11)4-3-8-9(5(4)10)7(12)13/h3,10H,2H2,1H3,(H,12,13). The topological polar surface area (TPSA) is 102 Å². The van der Waals surface area contributed by atoms with Crippen LogP contribution in [0, 0.1) is 0 Å². The molecule has 0 saturated heterocycles. The van der Waals surface area contributed by atoms with Gasteiger partial charge >= 0.3 is 12.1 Å². The Hall–Kier alpha value is -2.05. The molecule has 0 atom stereocenters. The van der Waals surface area contributed by atoms with E-state index in [1.54, 1.807) is 6.92 Å². The van der Waals surface area contributed by atoms with Crippen molar-refractivity contribution in [3.8, 4) is 5.88 Å². The van der Waals surface area contributed by atoms with Crippen molar-refractivity contribution in [2.45, 2.75) is 6.92 Å². The summed E-state index contributed by atoms with van der Waals surface area (Å²) in [6, 6.07) is 0. The van der Waals surface area contributed by atoms with Crippen molar-refractivity contribution in [3.63, 3.8) is 0 Å². The van der Waals surface area contributed by atoms with Gasteiger partial charge in [-0.25, -0.2) is 9.59 Å². The number of carboxylic acid groups (broad SMARTS) is 1. The first-order chi connectivity index (χ1) is 6.57. The minimum atomic E-state index is -1.47. The molecular formula is C7H8N2O5. The molecule has 0 amide bonds. The SMILES string of the molecule is CCOC(=O)c1cnn(C(=O)O)c1O. The van der Waals surface area contributed by atoms with E-state index in [1.165, 1.54) is 0 Å². The first kappa shape index (κ1) is 10.0. The highest BCUT2D eigenvalue weighted by Crippen LogP contribution is 2.16. The molecule has 7 nitrogen and oxygen atoms in total. The van der Waals surface area contributed by atoms with Crippen LogP contribution in [0.4, 0.5) is 4.79 Å². The smallest absolute Gasteiger partial charge is 0.435 e. The van der Waals surface area contributed by atoms with Crippen LogP contribution in [0.2, 0.25) is 0 Å². The third-order valence-electron chi connectivity index (χ3n) is 1.42. The van der Waals surface area contributed by atoms with Gasteiger partial charge in [-0.2, -0.15) is 5.10 Å². The van der Waals surface area contributed by atoms with Gasteiger partial charge in [-0.05, 0) is 6.92 Å². The second-order valence-corrected chi connectivity index (χ2v) is 2.30. The van der Waals surface area contributed by atoms with Crippen LogP contribution in [0.1, 0.15) is 17.3 Å². The lowest BCUT2D eigenvalue weighted by Gasteiger charge is -1.99. The molecule has 76 valence electrons. The number of carbonyl (C=O) groups excluding carboxylic acids is 1. The summed E-state index contributed by atoms with van der Waals surface area (Å²) in [5.74, 6) is -1.55. The predicted molar refractivity (Wildman–Crippen MR) is 43.3 cm³/mol. The molecule has 14 heavy (non-hydrogen) atoms. The first-order valence-corrected chi connectivity index (χ1v) is 3.75. The van der Waals surface area contributed by atoms with E-state index in [-0.39, 0.29) is 16.9 Å². The lowest BCUT2D eigenvalue weighted by molar-refractivity contribution is 0.0523. The molecule has 1 heterocycles. The predicted octanol–water partition coefficient (Wildman–Crippen LogP) is 0.291. The third kappa shape index (κ3) is 1.65. The summed E-state index contributed by atoms with van der Waals surface area (Å²) in [6.45, 7) is 1.73. The van der Waals surface area contributed by atoms with E-state index in [9.17, 15) is 14.7 Å². The summed E-state index contributed by atoms with van der Waals surface area (Å²) in [4.78, 5) is 21.5. The Balaban J connectivity index is 3.00. The van der Waals surface area contributed by atoms with Gasteiger partial charge in [-0.1, -0.05) is 0 Å². The van der Waals surface area contributed by atoms with E-state index in [2.05, 4.69) is 9.84 Å². The van der Waals surface area contributed by atoms with Gasteiger partial charge in [0.15, 0.2) is 0 Å². The molecule has 1 rings (SSSR count). The highest BCUT2D eigenvalue weighted by Gasteiger charge is 2.20. The van der Waals surface area contributed by atoms with E-state index >= 15 is 0 Å². The highest BCUT2D eigenvalue weighted by atomic mass is 16.5. The number of aromatic hydroxyl groups is 1. The molecular weight excluding hydrogens is 192 g/mol. The largest absolute Gasteiger partial charge is 0.492 e. The zero-order valence-corrected chi connectivity index (χ0v) is 7.30. The van der Waals surface area contributed by atoms with Crippen LogP contribution in [0.15, 0.2) is 6.20 Å². The Labute approximate surface area is 78.5 Å². The molecule has 0 unspecified atom stereocenters. The minimum absolute atomic E-state index is 0.135. The Bertz CT molecular complexity index is 370. The number of carbonyl (C=O) groups is 2. The van der Waals surface area contributed by atoms with E-state index in [0.717, 1.165) is 6.20 Å². The number of ether oxygens (including phenoxy) is 1. The van der Waals surface area contributed by atoms with Gasteiger partial charge in [0.05, 0.1) is 12.8 Å². The summed E-state index contributed by atoms with van der Waals surface area (Å²) in [6.07, 6.45) is -0.542. The zero-order chi connectivity index (χ0) is 10.7. The minimum Gasteiger partial charge on any atom is -0.492 e. The summed E-state index contributed by atoms with van der Waals surface area (Å²) >= 11 is 0. The molecule has 0 radical (unpaired) electrons. The number of esters is 1. The van der Waals surface area contributed by atoms with Crippen molar-refractivity contribution >= 4 is 12.1 Å². The molecule has 2 N–H and O–H groups in total. The lowest BCUT2D eigenvalue weighted by Crippen LogP contribution is -2.09. The van der Waals surface area contributed by atoms with Gasteiger partial charge in [0, 0.05) is 0 Å². The van der Waals surface area contributed by atoms with Crippen molar-refractivity contribution < 1.29 is 24.5 Å². The second-order valence-electron chi connectivity index (χ2n) is 2.30. The van der Waals surface area contributed by atoms with Crippen molar-refractivity contribution in [1.29, 1.82) is 0 Å². The summed E-state index contributed by atoms with van der Waals surface area (Å²) in [5, 5.41) is 21.0. The van der Waals surface area contributed by atoms with E-state index in [0.29, 0.717) is 0 Å². The average molecular weight is 200 g/mol. The van der Waals surface area contributed by atoms with Crippen molar-refractivity contribution in [1.82, 2.24) is 9.78 Å². The monoisotopic (exact) mass is 200 g/mol. The maximum atomic E-state index is 11.1. The Kier molecular flexibility index (Phi) is 2.70. The third-order valence-corrected chi connectivity index (χ3v) is 1.42. The molecule has 0 aliphatic heterocycles. The molecule has 0 aromatic carbocycles. The second kappa shape index (κ2) is 3.77. The summed E-state index contributed by atoms with van der Waals surface area (Å²) in [7, 11) is 0. The number of aromatic nitrogens is 2. The molecule has 0 fully saturated rings. The van der Waals surface area contributed by atoms with Gasteiger partial charge in [0.2, 0.25) is 5.88 Å². The van der Waals surface area contributed by atoms with Crippen LogP contribution in [-0.4, -0.2) is 38.7 Å². The number of rotatable bonds is 2. The maximum absolute atomic E-state index is 11.1. The van der Waals surface area contributed by atoms with Crippen LogP contribution in [0.3, 0.4) is 0 Å². The van der Waals surface area contributed by atoms with Gasteiger partial charge in [0.25, 0.3) is 0 Å². The van der Waals surface area contributed by atoms with Crippen LogP contribution >= 0.6 is 0 Å². The van der Waals surface area contributed by atoms with Crippen molar-refractivity contribution in [2.75, 3.05) is 6.61 Å². The molecule has 0 aliphatic rings. The molecule has 0 spiro atoms. The number of hydrogen-bond donors (Lipinski definition) is 2. The molecule has 0 aliphatic carbocycles. The Morgan fingerprint density at radius 3 is 2.71 bits per heavy atom. The van der Waals surface area contributed by atoms with E-state index in [1.807, 2.05) is 0 Å². The number of nitrogens with zero attached hydrogens (tertiary/aromatic N) is 2. The van der Waals surface area contributed by atoms with Gasteiger partial charge in [-0.3, -0.25) is 0 Å². The van der Waals surface area contributed by atoms with Gasteiger partial charge < -0.3 is 14.9 Å². The fourth-order valence-corrected chi connectivity index (χ4v) is 0.835. The van der Waals surface area contributed by atoms with Crippen molar-refractivity contribution in [2.24, 2.45) is 0 Å². The number of hydrogen-bond acceptors (Lipinski definition) is 5. The Morgan fingerprint density at radius 1 is 1.64 bits per heavy atom. The molecule has 0 bridgehead atoms. The van der Waals surface area contributed by atoms with Gasteiger partial charge in [0.1, 0.15) is 5.56 Å². The molecule has 1 aromatic rings. The molecule has 1 aromatic heterocycles. The first-order valence-electron chi connectivity index (χ1n) is 3.75. The quantitative estimate of drug-likeness (QED) is 0.665. The zero-order valence-electron chi connectivity index (χ0n) is 7.30. The summed E-state index contributed by atoms with van der Waals surface area (Å²) in [5.41, 5.74) is -0.269. The molecule has 7 heteroatoms. The fraction of sp³-hybridized carbons (Fsp3) is 0.286. The lowest BCUT2D eigenvalue weighted by atomic mass is 10.3. The van der Waals surface area contributed by atoms with Gasteiger partial charge in [-0.15, -0.1) is 4.68 Å². The van der Waals surface area contributed by atoms with Crippen molar-refractivity contribution in [3.05, 3.63) is 11.8 Å². The van der Waals surface area contributed by atoms with Crippen LogP contribution < -0.4 is 0 Å². The Morgan fingerprint density at radius 2 is 2.29 bits per heavy atom. The van der Waals surface area contributed by atoms with Crippen LogP contribution in [0.5, 0.6) is 5.88 Å². The van der Waals surface area contributed by atoms with E-state index in [4.69, 9.17) is 5.11 Å². The highest BCUT2D eigenvalue weighted by molar-refractivity contribution is 5.92. The van der Waals surface area contributed by atoms with E-state index < -0.39 is 17.9 Å². The molecule has 0 saturated carbocycles. The summed E-state index contributed by atoms with van der Waals surface area (Å²) < 4.78 is 4.84. The normalized spacial score (nSPS) is 9.79.